The van der Waals surface area contributed by atoms with Crippen molar-refractivity contribution < 1.29 is 4.79 Å². The van der Waals surface area contributed by atoms with E-state index in [4.69, 9.17) is 0 Å². The molecule has 2 aromatic rings. The monoisotopic (exact) mass is 326 g/mol. The Bertz CT molecular complexity index is 646. The lowest BCUT2D eigenvalue weighted by Crippen LogP contribution is -2.35. The number of hydrogen-bond acceptors (Lipinski definition) is 3. The molecule has 3 rings (SSSR count). The molecule has 0 aromatic carbocycles. The molecule has 1 aliphatic carbocycles. The summed E-state index contributed by atoms with van der Waals surface area (Å²) in [6.07, 6.45) is 13.5. The second-order valence-corrected chi connectivity index (χ2v) is 6.63. The highest BCUT2D eigenvalue weighted by Gasteiger charge is 2.23. The maximum atomic E-state index is 13.0. The van der Waals surface area contributed by atoms with E-state index in [1.807, 2.05) is 30.2 Å². The molecule has 0 unspecified atom stereocenters. The van der Waals surface area contributed by atoms with E-state index in [0.717, 1.165) is 18.7 Å². The van der Waals surface area contributed by atoms with Crippen molar-refractivity contribution in [2.45, 2.75) is 52.1 Å². The fraction of sp³-hybridized carbons (Fsp3) is 0.526. The number of pyridine rings is 1. The third-order valence-electron chi connectivity index (χ3n) is 4.82. The van der Waals surface area contributed by atoms with Crippen LogP contribution in [0.3, 0.4) is 0 Å². The molecule has 1 saturated carbocycles. The zero-order valence-corrected chi connectivity index (χ0v) is 14.4. The maximum absolute atomic E-state index is 13.0. The van der Waals surface area contributed by atoms with Gasteiger partial charge in [0.2, 0.25) is 0 Å². The Kier molecular flexibility index (Phi) is 5.62. The minimum Gasteiger partial charge on any atom is -0.334 e. The highest BCUT2D eigenvalue weighted by molar-refractivity contribution is 5.93. The van der Waals surface area contributed by atoms with Crippen LogP contribution in [0, 0.1) is 5.92 Å². The molecule has 1 aliphatic rings. The smallest absolute Gasteiger partial charge is 0.257 e. The topological polar surface area (TPSA) is 51.0 Å². The second kappa shape index (κ2) is 8.08. The zero-order chi connectivity index (χ0) is 16.8. The molecule has 2 aromatic heterocycles. The van der Waals surface area contributed by atoms with Crippen LogP contribution in [-0.2, 0) is 13.1 Å². The lowest BCUT2D eigenvalue weighted by Gasteiger charge is -2.29. The van der Waals surface area contributed by atoms with Gasteiger partial charge in [-0.15, -0.1) is 0 Å². The number of carbonyl (C=O) groups excluding carboxylic acids is 1. The SMILES string of the molecule is CCn1cc(C(=O)N(Cc2ccncc2)CC2CCCCC2)cn1. The molecule has 5 heteroatoms. The van der Waals surface area contributed by atoms with Crippen LogP contribution in [0.4, 0.5) is 0 Å². The number of amides is 1. The third-order valence-corrected chi connectivity index (χ3v) is 4.82. The van der Waals surface area contributed by atoms with Gasteiger partial charge in [0, 0.05) is 38.2 Å². The first-order chi connectivity index (χ1) is 11.8. The average molecular weight is 326 g/mol. The van der Waals surface area contributed by atoms with Crippen LogP contribution in [0.2, 0.25) is 0 Å². The van der Waals surface area contributed by atoms with Gasteiger partial charge in [0.15, 0.2) is 0 Å². The Balaban J connectivity index is 1.75. The summed E-state index contributed by atoms with van der Waals surface area (Å²) in [6, 6.07) is 3.97. The predicted molar refractivity (Wildman–Crippen MR) is 93.5 cm³/mol. The summed E-state index contributed by atoms with van der Waals surface area (Å²) in [5, 5.41) is 4.25. The van der Waals surface area contributed by atoms with E-state index < -0.39 is 0 Å². The van der Waals surface area contributed by atoms with Gasteiger partial charge >= 0.3 is 0 Å². The molecule has 128 valence electrons. The molecule has 1 amide bonds. The van der Waals surface area contributed by atoms with Gasteiger partial charge in [-0.2, -0.15) is 5.10 Å². The van der Waals surface area contributed by atoms with Crippen molar-refractivity contribution in [3.8, 4) is 0 Å². The lowest BCUT2D eigenvalue weighted by molar-refractivity contribution is 0.0699. The molecule has 0 aliphatic heterocycles. The fourth-order valence-corrected chi connectivity index (χ4v) is 3.44. The molecule has 0 atom stereocenters. The number of rotatable bonds is 6. The molecule has 0 radical (unpaired) electrons. The van der Waals surface area contributed by atoms with Crippen molar-refractivity contribution in [3.05, 3.63) is 48.0 Å². The first kappa shape index (κ1) is 16.7. The van der Waals surface area contributed by atoms with Gasteiger partial charge in [0.1, 0.15) is 0 Å². The Morgan fingerprint density at radius 1 is 1.25 bits per heavy atom. The molecule has 2 heterocycles. The summed E-state index contributed by atoms with van der Waals surface area (Å²) in [5.41, 5.74) is 1.80. The summed E-state index contributed by atoms with van der Waals surface area (Å²) < 4.78 is 1.80. The van der Waals surface area contributed by atoms with Gasteiger partial charge in [0.05, 0.1) is 11.8 Å². The number of nitrogens with zero attached hydrogens (tertiary/aromatic N) is 4. The van der Waals surface area contributed by atoms with E-state index in [1.54, 1.807) is 23.3 Å². The highest BCUT2D eigenvalue weighted by Crippen LogP contribution is 2.25. The number of aromatic nitrogens is 3. The van der Waals surface area contributed by atoms with Crippen molar-refractivity contribution in [1.29, 1.82) is 0 Å². The first-order valence-electron chi connectivity index (χ1n) is 8.97. The van der Waals surface area contributed by atoms with Gasteiger partial charge in [-0.3, -0.25) is 14.5 Å². The van der Waals surface area contributed by atoms with E-state index in [1.165, 1.54) is 32.1 Å². The van der Waals surface area contributed by atoms with Crippen LogP contribution in [0.1, 0.15) is 54.9 Å². The molecule has 0 bridgehead atoms. The van der Waals surface area contributed by atoms with Crippen molar-refractivity contribution in [2.24, 2.45) is 5.92 Å². The van der Waals surface area contributed by atoms with Crippen molar-refractivity contribution >= 4 is 5.91 Å². The summed E-state index contributed by atoms with van der Waals surface area (Å²) in [5.74, 6) is 0.697. The second-order valence-electron chi connectivity index (χ2n) is 6.63. The summed E-state index contributed by atoms with van der Waals surface area (Å²) >= 11 is 0. The average Bonchev–Trinajstić information content (AvgIpc) is 3.11. The minimum absolute atomic E-state index is 0.0806. The van der Waals surface area contributed by atoms with E-state index >= 15 is 0 Å². The lowest BCUT2D eigenvalue weighted by atomic mass is 9.88. The number of carbonyl (C=O) groups is 1. The van der Waals surface area contributed by atoms with E-state index in [2.05, 4.69) is 10.1 Å². The van der Waals surface area contributed by atoms with Crippen LogP contribution in [-0.4, -0.2) is 32.1 Å². The van der Waals surface area contributed by atoms with Crippen LogP contribution in [0.5, 0.6) is 0 Å². The van der Waals surface area contributed by atoms with Gasteiger partial charge in [-0.05, 0) is 43.4 Å². The van der Waals surface area contributed by atoms with Crippen LogP contribution in [0.25, 0.3) is 0 Å². The summed E-state index contributed by atoms with van der Waals surface area (Å²) in [7, 11) is 0. The normalized spacial score (nSPS) is 15.4. The molecule has 5 nitrogen and oxygen atoms in total. The van der Waals surface area contributed by atoms with Crippen molar-refractivity contribution in [2.75, 3.05) is 6.54 Å². The van der Waals surface area contributed by atoms with Crippen molar-refractivity contribution in [3.63, 3.8) is 0 Å². The van der Waals surface area contributed by atoms with Gasteiger partial charge in [-0.25, -0.2) is 0 Å². The van der Waals surface area contributed by atoms with Crippen LogP contribution < -0.4 is 0 Å². The predicted octanol–water partition coefficient (Wildman–Crippen LogP) is 3.52. The Morgan fingerprint density at radius 2 is 2.00 bits per heavy atom. The molecular weight excluding hydrogens is 300 g/mol. The quantitative estimate of drug-likeness (QED) is 0.816. The molecule has 24 heavy (non-hydrogen) atoms. The first-order valence-corrected chi connectivity index (χ1v) is 8.97. The Labute approximate surface area is 143 Å². The number of hydrogen-bond donors (Lipinski definition) is 0. The third kappa shape index (κ3) is 4.22. The molecule has 0 N–H and O–H groups in total. The van der Waals surface area contributed by atoms with E-state index in [9.17, 15) is 4.79 Å². The van der Waals surface area contributed by atoms with Gasteiger partial charge in [-0.1, -0.05) is 19.3 Å². The molecule has 0 saturated heterocycles. The van der Waals surface area contributed by atoms with Gasteiger partial charge < -0.3 is 4.90 Å². The van der Waals surface area contributed by atoms with Crippen molar-refractivity contribution in [1.82, 2.24) is 19.7 Å². The standard InChI is InChI=1S/C19H26N4O/c1-2-23-15-18(12-21-23)19(24)22(13-16-6-4-3-5-7-16)14-17-8-10-20-11-9-17/h8-12,15-16H,2-7,13-14H2,1H3. The molecule has 0 spiro atoms. The molecular formula is C19H26N4O. The largest absolute Gasteiger partial charge is 0.334 e. The fourth-order valence-electron chi connectivity index (χ4n) is 3.44. The Morgan fingerprint density at radius 3 is 2.67 bits per heavy atom. The maximum Gasteiger partial charge on any atom is 0.257 e. The number of aryl methyl sites for hydroxylation is 1. The van der Waals surface area contributed by atoms with Gasteiger partial charge in [0.25, 0.3) is 5.91 Å². The van der Waals surface area contributed by atoms with E-state index in [-0.39, 0.29) is 5.91 Å². The van der Waals surface area contributed by atoms with E-state index in [0.29, 0.717) is 18.0 Å². The Hall–Kier alpha value is -2.17. The minimum atomic E-state index is 0.0806. The zero-order valence-electron chi connectivity index (χ0n) is 14.4. The summed E-state index contributed by atoms with van der Waals surface area (Å²) in [6.45, 7) is 4.27. The van der Waals surface area contributed by atoms with Crippen LogP contribution in [0.15, 0.2) is 36.9 Å². The summed E-state index contributed by atoms with van der Waals surface area (Å²) in [4.78, 5) is 19.1. The molecule has 1 fully saturated rings. The highest BCUT2D eigenvalue weighted by atomic mass is 16.2. The van der Waals surface area contributed by atoms with Crippen LogP contribution >= 0.6 is 0 Å².